The summed E-state index contributed by atoms with van der Waals surface area (Å²) in [6.07, 6.45) is 28.1. The minimum absolute atomic E-state index is 0. The molecule has 0 aliphatic carbocycles. The van der Waals surface area contributed by atoms with E-state index in [1.54, 1.807) is 0 Å². The van der Waals surface area contributed by atoms with E-state index in [-0.39, 0.29) is 36.8 Å². The third-order valence-electron chi connectivity index (χ3n) is 8.25. The summed E-state index contributed by atoms with van der Waals surface area (Å²) >= 11 is 0. The lowest BCUT2D eigenvalue weighted by molar-refractivity contribution is -0.887. The highest BCUT2D eigenvalue weighted by molar-refractivity contribution is 5.69. The summed E-state index contributed by atoms with van der Waals surface area (Å²) in [5, 5.41) is 0. The maximum atomic E-state index is 12.1. The summed E-state index contributed by atoms with van der Waals surface area (Å²) < 4.78 is 12.6. The van der Waals surface area contributed by atoms with Gasteiger partial charge in [0, 0.05) is 12.8 Å². The molecule has 0 aromatic heterocycles. The van der Waals surface area contributed by atoms with Gasteiger partial charge in [-0.15, -0.1) is 0 Å². The van der Waals surface area contributed by atoms with Crippen LogP contribution in [0.15, 0.2) is 12.2 Å². The van der Waals surface area contributed by atoms with Gasteiger partial charge in [0.1, 0.15) is 26.3 Å². The molecular formula is C36H72Cl2N2O4. The lowest BCUT2D eigenvalue weighted by atomic mass is 10.1. The van der Waals surface area contributed by atoms with Crippen molar-refractivity contribution in [2.45, 2.75) is 142 Å². The molecule has 0 atom stereocenters. The Morgan fingerprint density at radius 2 is 0.750 bits per heavy atom. The number of esters is 2. The number of nitrogens with zero attached hydrogens (tertiary/aromatic N) is 2. The number of carbonyl (C=O) groups excluding carboxylic acids is 2. The van der Waals surface area contributed by atoms with Gasteiger partial charge in [-0.25, -0.2) is 0 Å². The summed E-state index contributed by atoms with van der Waals surface area (Å²) in [5.74, 6) is -0.109. The summed E-state index contributed by atoms with van der Waals surface area (Å²) in [7, 11) is 8.69. The minimum Gasteiger partial charge on any atom is -1.00 e. The van der Waals surface area contributed by atoms with Crippen molar-refractivity contribution in [3.63, 3.8) is 0 Å². The number of ether oxygens (including phenoxy) is 2. The van der Waals surface area contributed by atoms with Gasteiger partial charge in [0.15, 0.2) is 0 Å². The first-order valence-corrected chi connectivity index (χ1v) is 17.7. The van der Waals surface area contributed by atoms with E-state index in [0.717, 1.165) is 60.8 Å². The molecule has 0 saturated carbocycles. The van der Waals surface area contributed by atoms with Crippen molar-refractivity contribution in [3.8, 4) is 0 Å². The van der Waals surface area contributed by atoms with Crippen molar-refractivity contribution >= 4 is 11.9 Å². The molecule has 0 heterocycles. The smallest absolute Gasteiger partial charge is 0.305 e. The maximum absolute atomic E-state index is 12.1. The molecule has 0 N–H and O–H groups in total. The number of likely N-dealkylation sites (N-methyl/N-ethyl adjacent to an activating group) is 2. The number of hydrogen-bond acceptors (Lipinski definition) is 4. The fourth-order valence-electron chi connectivity index (χ4n) is 5.02. The molecule has 0 fully saturated rings. The first-order chi connectivity index (χ1) is 20.1. The second-order valence-corrected chi connectivity index (χ2v) is 13.8. The van der Waals surface area contributed by atoms with Crippen molar-refractivity contribution in [1.82, 2.24) is 0 Å². The van der Waals surface area contributed by atoms with Gasteiger partial charge in [0.25, 0.3) is 0 Å². The quantitative estimate of drug-likeness (QED) is 0.0512. The van der Waals surface area contributed by atoms with Crippen LogP contribution in [-0.2, 0) is 19.1 Å². The van der Waals surface area contributed by atoms with Crippen molar-refractivity contribution in [1.29, 1.82) is 0 Å². The molecule has 0 rings (SSSR count). The van der Waals surface area contributed by atoms with Crippen molar-refractivity contribution < 1.29 is 52.8 Å². The zero-order chi connectivity index (χ0) is 31.4. The molecular weight excluding hydrogens is 595 g/mol. The topological polar surface area (TPSA) is 52.6 Å². The minimum atomic E-state index is -0.0543. The van der Waals surface area contributed by atoms with Crippen LogP contribution in [-0.4, -0.2) is 88.5 Å². The van der Waals surface area contributed by atoms with Crippen LogP contribution in [0, 0.1) is 0 Å². The molecule has 0 aliphatic heterocycles. The first-order valence-electron chi connectivity index (χ1n) is 17.7. The molecule has 264 valence electrons. The normalized spacial score (nSPS) is 11.7. The molecule has 0 spiro atoms. The Hall–Kier alpha value is -0.820. The fraction of sp³-hybridized carbons (Fsp3) is 0.889. The highest BCUT2D eigenvalue weighted by atomic mass is 35.5. The molecule has 0 aliphatic rings. The van der Waals surface area contributed by atoms with Crippen LogP contribution >= 0.6 is 0 Å². The number of unbranched alkanes of at least 4 members (excludes halogenated alkanes) is 16. The predicted molar refractivity (Wildman–Crippen MR) is 178 cm³/mol. The summed E-state index contributed by atoms with van der Waals surface area (Å²) in [6.45, 7) is 8.85. The Morgan fingerprint density at radius 1 is 0.477 bits per heavy atom. The van der Waals surface area contributed by atoms with Crippen LogP contribution in [0.4, 0.5) is 0 Å². The lowest BCUT2D eigenvalue weighted by Crippen LogP contribution is -3.00. The van der Waals surface area contributed by atoms with Gasteiger partial charge in [0.2, 0.25) is 0 Å². The average molecular weight is 668 g/mol. The Morgan fingerprint density at radius 3 is 1.05 bits per heavy atom. The Kier molecular flexibility index (Phi) is 34.8. The van der Waals surface area contributed by atoms with Crippen molar-refractivity contribution in [2.75, 3.05) is 67.6 Å². The van der Waals surface area contributed by atoms with Crippen LogP contribution in [0.2, 0.25) is 0 Å². The predicted octanol–water partition coefficient (Wildman–Crippen LogP) is 2.63. The summed E-state index contributed by atoms with van der Waals surface area (Å²) in [6, 6.07) is 0. The SMILES string of the molecule is CCCCCCCCCCCC(=O)OCC[N+](C)(C)C/C=C\C[N+](C)(C)CCOC(=O)CCCCCCCCCCC.[Cl-].[Cl-]. The average Bonchev–Trinajstić information content (AvgIpc) is 2.93. The Bertz CT molecular complexity index is 631. The highest BCUT2D eigenvalue weighted by Gasteiger charge is 2.16. The van der Waals surface area contributed by atoms with E-state index in [2.05, 4.69) is 54.2 Å². The van der Waals surface area contributed by atoms with Gasteiger partial charge in [0.05, 0.1) is 41.3 Å². The van der Waals surface area contributed by atoms with E-state index in [1.165, 1.54) is 89.9 Å². The van der Waals surface area contributed by atoms with Crippen molar-refractivity contribution in [2.24, 2.45) is 0 Å². The number of hydrogen-bond donors (Lipinski definition) is 0. The highest BCUT2D eigenvalue weighted by Crippen LogP contribution is 2.12. The van der Waals surface area contributed by atoms with Crippen LogP contribution < -0.4 is 24.8 Å². The Balaban J connectivity index is -0.00000840. The molecule has 0 bridgehead atoms. The third-order valence-corrected chi connectivity index (χ3v) is 8.25. The molecule has 0 unspecified atom stereocenters. The van der Waals surface area contributed by atoms with E-state index >= 15 is 0 Å². The zero-order valence-electron chi connectivity index (χ0n) is 29.8. The molecule has 0 aromatic carbocycles. The van der Waals surface area contributed by atoms with Crippen LogP contribution in [0.1, 0.15) is 142 Å². The van der Waals surface area contributed by atoms with Gasteiger partial charge in [-0.1, -0.05) is 117 Å². The maximum Gasteiger partial charge on any atom is 0.305 e. The van der Waals surface area contributed by atoms with E-state index < -0.39 is 0 Å². The number of halogens is 2. The zero-order valence-corrected chi connectivity index (χ0v) is 31.3. The lowest BCUT2D eigenvalue weighted by Gasteiger charge is -2.29. The summed E-state index contributed by atoms with van der Waals surface area (Å²) in [4.78, 5) is 24.2. The van der Waals surface area contributed by atoms with Gasteiger partial charge >= 0.3 is 11.9 Å². The number of rotatable bonds is 30. The second-order valence-electron chi connectivity index (χ2n) is 13.8. The Labute approximate surface area is 286 Å². The van der Waals surface area contributed by atoms with Gasteiger partial charge in [-0.05, 0) is 25.0 Å². The largest absolute Gasteiger partial charge is 1.00 e. The van der Waals surface area contributed by atoms with E-state index in [4.69, 9.17) is 9.47 Å². The van der Waals surface area contributed by atoms with E-state index in [0.29, 0.717) is 26.1 Å². The first kappa shape index (κ1) is 47.6. The molecule has 0 radical (unpaired) electrons. The van der Waals surface area contributed by atoms with E-state index in [1.807, 2.05) is 0 Å². The molecule has 44 heavy (non-hydrogen) atoms. The molecule has 6 nitrogen and oxygen atoms in total. The van der Waals surface area contributed by atoms with E-state index in [9.17, 15) is 9.59 Å². The third kappa shape index (κ3) is 34.1. The van der Waals surface area contributed by atoms with Crippen LogP contribution in [0.5, 0.6) is 0 Å². The van der Waals surface area contributed by atoms with Crippen molar-refractivity contribution in [3.05, 3.63) is 12.2 Å². The van der Waals surface area contributed by atoms with Gasteiger partial charge in [-0.2, -0.15) is 0 Å². The molecule has 8 heteroatoms. The summed E-state index contributed by atoms with van der Waals surface area (Å²) in [5.41, 5.74) is 0. The monoisotopic (exact) mass is 666 g/mol. The molecule has 0 aromatic rings. The standard InChI is InChI=1S/C36H72N2O4.2ClH/c1-7-9-11-13-15-17-19-21-23-27-35(39)41-33-31-37(3,4)29-25-26-30-38(5,6)32-34-42-36(40)28-24-22-20-18-16-14-12-10-8-2;;/h25-26H,7-24,27-34H2,1-6H3;2*1H/q+2;;/p-2/b26-25-;;. The molecule has 0 saturated heterocycles. The fourth-order valence-corrected chi connectivity index (χ4v) is 5.02. The van der Waals surface area contributed by atoms with Crippen LogP contribution in [0.3, 0.4) is 0 Å². The molecule has 0 amide bonds. The second kappa shape index (κ2) is 32.1. The number of carbonyl (C=O) groups is 2. The van der Waals surface area contributed by atoms with Gasteiger partial charge in [-0.3, -0.25) is 9.59 Å². The van der Waals surface area contributed by atoms with Crippen LogP contribution in [0.25, 0.3) is 0 Å². The van der Waals surface area contributed by atoms with Gasteiger partial charge < -0.3 is 43.3 Å². The number of quaternary nitrogens is 2.